The molecule has 0 aromatic heterocycles. The van der Waals surface area contributed by atoms with Crippen molar-refractivity contribution in [2.45, 2.75) is 14.7 Å². The molecule has 4 nitrogen and oxygen atoms in total. The average molecular weight is 320 g/mol. The maximum absolute atomic E-state index is 12.3. The average Bonchev–Trinajstić information content (AvgIpc) is 2.39. The van der Waals surface area contributed by atoms with Crippen LogP contribution in [0.4, 0.5) is 0 Å². The zero-order chi connectivity index (χ0) is 13.2. The zero-order valence-electron chi connectivity index (χ0n) is 10.1. The first-order valence-corrected chi connectivity index (χ1v) is 7.58. The third-order valence-electron chi connectivity index (χ3n) is 2.37. The first-order valence-electron chi connectivity index (χ1n) is 5.02. The predicted octanol–water partition coefficient (Wildman–Crippen LogP) is -0.808. The largest absolute Gasteiger partial charge is 1.00 e. The van der Waals surface area contributed by atoms with Gasteiger partial charge in [-0.15, -0.1) is 0 Å². The molecule has 0 aliphatic heterocycles. The van der Waals surface area contributed by atoms with Crippen LogP contribution < -0.4 is 51.4 Å². The van der Waals surface area contributed by atoms with Crippen molar-refractivity contribution < 1.29 is 68.2 Å². The van der Waals surface area contributed by atoms with Crippen molar-refractivity contribution in [1.29, 1.82) is 0 Å². The minimum atomic E-state index is -3.81. The van der Waals surface area contributed by atoms with Crippen LogP contribution in [-0.2, 0) is 29.0 Å². The molecule has 0 radical (unpaired) electrons. The maximum atomic E-state index is 12.3. The Morgan fingerprint density at radius 3 is 1.89 bits per heavy atom. The first-order chi connectivity index (χ1) is 8.53. The van der Waals surface area contributed by atoms with Crippen molar-refractivity contribution in [1.82, 2.24) is 0 Å². The fourth-order valence-corrected chi connectivity index (χ4v) is 3.85. The topological polar surface area (TPSA) is 68.3 Å². The number of benzene rings is 2. The van der Waals surface area contributed by atoms with Crippen molar-refractivity contribution >= 4 is 20.5 Å². The van der Waals surface area contributed by atoms with Crippen LogP contribution in [0.1, 0.15) is 0 Å². The van der Waals surface area contributed by atoms with Gasteiger partial charge in [0.15, 0.2) is 0 Å². The fraction of sp³-hybridized carbons (Fsp3) is 0. The van der Waals surface area contributed by atoms with E-state index in [4.69, 9.17) is 0 Å². The molecule has 0 aliphatic rings. The van der Waals surface area contributed by atoms with Crippen LogP contribution in [0.3, 0.4) is 0 Å². The third kappa shape index (κ3) is 3.75. The fourth-order valence-electron chi connectivity index (χ4n) is 1.54. The summed E-state index contributed by atoms with van der Waals surface area (Å²) in [7, 11) is -6.40. The molecule has 0 atom stereocenters. The quantitative estimate of drug-likeness (QED) is 0.548. The summed E-state index contributed by atoms with van der Waals surface area (Å²) in [4.78, 5) is -0.353. The molecule has 2 rings (SSSR count). The Kier molecular flexibility index (Phi) is 6.38. The van der Waals surface area contributed by atoms with E-state index >= 15 is 0 Å². The molecule has 2 aromatic carbocycles. The summed E-state index contributed by atoms with van der Waals surface area (Å²) in [5.74, 6) is 0. The van der Waals surface area contributed by atoms with Crippen LogP contribution in [0.5, 0.6) is 0 Å². The molecule has 0 spiro atoms. The van der Waals surface area contributed by atoms with Crippen LogP contribution in [0.15, 0.2) is 69.3 Å². The first kappa shape index (κ1) is 17.0. The van der Waals surface area contributed by atoms with Crippen LogP contribution in [-0.4, -0.2) is 8.42 Å². The van der Waals surface area contributed by atoms with Gasteiger partial charge in [0.1, 0.15) is 0 Å². The van der Waals surface area contributed by atoms with Gasteiger partial charge < -0.3 is 8.42 Å². The van der Waals surface area contributed by atoms with Gasteiger partial charge in [0, 0.05) is 0 Å². The van der Waals surface area contributed by atoms with E-state index in [1.54, 1.807) is 18.2 Å². The van der Waals surface area contributed by atoms with Crippen molar-refractivity contribution in [3.05, 3.63) is 54.6 Å². The second-order valence-electron chi connectivity index (χ2n) is 3.50. The van der Waals surface area contributed by atoms with E-state index in [2.05, 4.69) is 0 Å². The molecule has 0 aliphatic carbocycles. The summed E-state index contributed by atoms with van der Waals surface area (Å²) < 4.78 is 46.6. The van der Waals surface area contributed by atoms with E-state index in [0.29, 0.717) is 0 Å². The molecule has 0 unspecified atom stereocenters. The summed E-state index contributed by atoms with van der Waals surface area (Å²) in [6.45, 7) is 0. The maximum Gasteiger partial charge on any atom is 1.00 e. The molecule has 2 aromatic rings. The minimum Gasteiger partial charge on any atom is -0.420 e. The molecule has 19 heavy (non-hydrogen) atoms. The summed E-state index contributed by atoms with van der Waals surface area (Å²) >= 11 is 0. The van der Waals surface area contributed by atoms with Crippen molar-refractivity contribution in [2.75, 3.05) is 0 Å². The molecule has 0 amide bonds. The molecule has 94 valence electrons. The van der Waals surface area contributed by atoms with Gasteiger partial charge in [0.25, 0.3) is 0 Å². The van der Waals surface area contributed by atoms with Crippen molar-refractivity contribution in [3.63, 3.8) is 0 Å². The van der Waals surface area contributed by atoms with Gasteiger partial charge in [-0.25, -0.2) is 8.42 Å². The van der Waals surface area contributed by atoms with Gasteiger partial charge >= 0.3 is 51.4 Å². The van der Waals surface area contributed by atoms with Gasteiger partial charge in [0.2, 0.25) is 9.84 Å². The van der Waals surface area contributed by atoms with Gasteiger partial charge in [-0.3, -0.25) is 0 Å². The molecular weight excluding hydrogens is 311 g/mol. The second-order valence-corrected chi connectivity index (χ2v) is 6.33. The summed E-state index contributed by atoms with van der Waals surface area (Å²) in [5, 5.41) is 0. The Balaban J connectivity index is 0.00000180. The smallest absolute Gasteiger partial charge is 0.420 e. The van der Waals surface area contributed by atoms with E-state index in [0.717, 1.165) is 0 Å². The summed E-state index contributed by atoms with van der Waals surface area (Å²) in [6.07, 6.45) is 0. The molecule has 0 N–H and O–H groups in total. The van der Waals surface area contributed by atoms with Crippen LogP contribution in [0.2, 0.25) is 0 Å². The monoisotopic (exact) mass is 320 g/mol. The van der Waals surface area contributed by atoms with Crippen molar-refractivity contribution in [3.8, 4) is 0 Å². The predicted molar refractivity (Wildman–Crippen MR) is 65.3 cm³/mol. The third-order valence-corrected chi connectivity index (χ3v) is 5.04. The molecule has 0 saturated carbocycles. The van der Waals surface area contributed by atoms with Gasteiger partial charge in [0.05, 0.1) is 9.79 Å². The van der Waals surface area contributed by atoms with Crippen LogP contribution in [0, 0.1) is 0 Å². The van der Waals surface area contributed by atoms with Gasteiger partial charge in [-0.1, -0.05) is 41.3 Å². The summed E-state index contributed by atoms with van der Waals surface area (Å²) in [6, 6.07) is 13.2. The molecule has 0 saturated heterocycles. The van der Waals surface area contributed by atoms with Gasteiger partial charge in [-0.2, -0.15) is 0 Å². The Hall–Kier alpha value is -0.0236. The Morgan fingerprint density at radius 2 is 1.32 bits per heavy atom. The van der Waals surface area contributed by atoms with Crippen molar-refractivity contribution in [2.24, 2.45) is 0 Å². The second kappa shape index (κ2) is 7.12. The minimum absolute atomic E-state index is 0. The molecular formula is C12H9KO4S2. The van der Waals surface area contributed by atoms with E-state index in [1.165, 1.54) is 36.4 Å². The molecule has 0 heterocycles. The molecule has 7 heteroatoms. The number of rotatable bonds is 3. The number of hydrogen-bond acceptors (Lipinski definition) is 5. The normalized spacial score (nSPS) is 11.0. The van der Waals surface area contributed by atoms with E-state index in [-0.39, 0.29) is 66.1 Å². The van der Waals surface area contributed by atoms with Gasteiger partial charge in [-0.05, 0) is 28.9 Å². The summed E-state index contributed by atoms with van der Waals surface area (Å²) in [5.41, 5.74) is 0. The Labute approximate surface area is 156 Å². The van der Waals surface area contributed by atoms with Crippen LogP contribution >= 0.6 is 0 Å². The molecule has 0 fully saturated rings. The zero-order valence-corrected chi connectivity index (χ0v) is 14.9. The van der Waals surface area contributed by atoms with Crippen LogP contribution in [0.25, 0.3) is 0 Å². The van der Waals surface area contributed by atoms with E-state index in [9.17, 15) is 16.8 Å². The van der Waals surface area contributed by atoms with E-state index < -0.39 is 20.5 Å². The molecule has 0 bridgehead atoms. The Morgan fingerprint density at radius 1 is 0.789 bits per heavy atom. The standard InChI is InChI=1S/C12H9O4S2.K/c13-17(14)11-8-4-5-9-12(11)18(15,16)10-6-2-1-3-7-10;/h1-9H;/q-1;+1. The Bertz CT molecular complexity index is 729. The van der Waals surface area contributed by atoms with E-state index in [1.807, 2.05) is 0 Å². The number of hydrogen-bond donors (Lipinski definition) is 0. The SMILES string of the molecule is O=[S-](=O)c1ccccc1S(=O)(=O)c1ccccc1.[K+]. The number of sulfone groups is 1.